The largest absolute Gasteiger partial charge is 0.340 e. The van der Waals surface area contributed by atoms with Gasteiger partial charge in [-0.2, -0.15) is 0 Å². The van der Waals surface area contributed by atoms with Crippen LogP contribution in [-0.4, -0.2) is 20.9 Å². The normalized spacial score (nSPS) is 10.6. The number of halogens is 2. The molecule has 0 radical (unpaired) electrons. The third kappa shape index (κ3) is 4.71. The Morgan fingerprint density at radius 3 is 2.55 bits per heavy atom. The highest BCUT2D eigenvalue weighted by Gasteiger charge is 2.11. The van der Waals surface area contributed by atoms with Gasteiger partial charge in [-0.1, -0.05) is 29.3 Å². The van der Waals surface area contributed by atoms with E-state index in [9.17, 15) is 4.79 Å². The molecule has 0 spiro atoms. The summed E-state index contributed by atoms with van der Waals surface area (Å²) in [6, 6.07) is 14.1. The Morgan fingerprint density at radius 1 is 1.00 bits per heavy atom. The summed E-state index contributed by atoms with van der Waals surface area (Å²) in [4.78, 5) is 24.9. The van der Waals surface area contributed by atoms with Crippen LogP contribution in [0, 0.1) is 0 Å². The summed E-state index contributed by atoms with van der Waals surface area (Å²) in [6.45, 7) is 0. The van der Waals surface area contributed by atoms with Gasteiger partial charge in [0.2, 0.25) is 0 Å². The van der Waals surface area contributed by atoms with Crippen molar-refractivity contribution in [3.63, 3.8) is 0 Å². The van der Waals surface area contributed by atoms with E-state index in [1.165, 1.54) is 17.7 Å². The quantitative estimate of drug-likeness (QED) is 0.402. The first-order chi connectivity index (χ1) is 14.1. The molecule has 0 aliphatic rings. The summed E-state index contributed by atoms with van der Waals surface area (Å²) < 4.78 is 0. The second-order valence-corrected chi connectivity index (χ2v) is 7.59. The predicted molar refractivity (Wildman–Crippen MR) is 117 cm³/mol. The first kappa shape index (κ1) is 19.3. The molecule has 4 rings (SSSR count). The van der Waals surface area contributed by atoms with Crippen LogP contribution >= 0.6 is 34.5 Å². The Balaban J connectivity index is 1.43. The van der Waals surface area contributed by atoms with Gasteiger partial charge in [0.05, 0.1) is 15.7 Å². The Morgan fingerprint density at radius 2 is 1.83 bits per heavy atom. The monoisotopic (exact) mass is 441 g/mol. The zero-order valence-electron chi connectivity index (χ0n) is 14.8. The maximum absolute atomic E-state index is 12.5. The molecule has 1 amide bonds. The van der Waals surface area contributed by atoms with Crippen molar-refractivity contribution in [2.75, 3.05) is 10.6 Å². The van der Waals surface area contributed by atoms with E-state index < -0.39 is 0 Å². The fourth-order valence-electron chi connectivity index (χ4n) is 2.51. The Hall–Kier alpha value is -3.00. The number of carbonyl (C=O) groups is 1. The molecule has 4 aromatic rings. The van der Waals surface area contributed by atoms with Gasteiger partial charge in [0.15, 0.2) is 5.13 Å². The minimum Gasteiger partial charge on any atom is -0.340 e. The molecular formula is C20H13Cl2N5OS. The van der Waals surface area contributed by atoms with Gasteiger partial charge in [-0.05, 0) is 42.5 Å². The topological polar surface area (TPSA) is 79.8 Å². The number of benzene rings is 2. The molecular weight excluding hydrogens is 429 g/mol. The van der Waals surface area contributed by atoms with E-state index in [-0.39, 0.29) is 5.91 Å². The van der Waals surface area contributed by atoms with Crippen molar-refractivity contribution in [3.8, 4) is 11.3 Å². The average molecular weight is 442 g/mol. The predicted octanol–water partition coefficient (Wildman–Crippen LogP) is 5.90. The van der Waals surface area contributed by atoms with Crippen LogP contribution in [0.1, 0.15) is 10.4 Å². The van der Waals surface area contributed by atoms with Crippen molar-refractivity contribution in [2.24, 2.45) is 0 Å². The number of rotatable bonds is 5. The zero-order valence-corrected chi connectivity index (χ0v) is 17.1. The second kappa shape index (κ2) is 8.57. The van der Waals surface area contributed by atoms with E-state index in [1.54, 1.807) is 48.7 Å². The lowest BCUT2D eigenvalue weighted by Gasteiger charge is -2.06. The fraction of sp³-hybridized carbons (Fsp3) is 0. The Kier molecular flexibility index (Phi) is 5.71. The van der Waals surface area contributed by atoms with Gasteiger partial charge in [-0.3, -0.25) is 10.1 Å². The molecule has 0 unspecified atom stereocenters. The number of nitrogens with one attached hydrogen (secondary N) is 2. The first-order valence-corrected chi connectivity index (χ1v) is 10.1. The van der Waals surface area contributed by atoms with E-state index in [0.29, 0.717) is 32.3 Å². The van der Waals surface area contributed by atoms with E-state index >= 15 is 0 Å². The summed E-state index contributed by atoms with van der Waals surface area (Å²) in [5.74, 6) is 0.434. The SMILES string of the molecule is O=C(Nc1nc(-c2ccc(Cl)c(Cl)c2)cs1)c1ccc(Nc2ccncn2)cc1. The average Bonchev–Trinajstić information content (AvgIpc) is 3.20. The number of aromatic nitrogens is 3. The number of hydrogen-bond acceptors (Lipinski definition) is 6. The molecule has 0 aliphatic carbocycles. The molecule has 2 aromatic heterocycles. The summed E-state index contributed by atoms with van der Waals surface area (Å²) in [5, 5.41) is 9.24. The molecule has 0 saturated heterocycles. The van der Waals surface area contributed by atoms with E-state index in [2.05, 4.69) is 25.6 Å². The molecule has 29 heavy (non-hydrogen) atoms. The lowest BCUT2D eigenvalue weighted by Crippen LogP contribution is -2.11. The summed E-state index contributed by atoms with van der Waals surface area (Å²) in [7, 11) is 0. The molecule has 9 heteroatoms. The van der Waals surface area contributed by atoms with Gasteiger partial charge in [-0.15, -0.1) is 11.3 Å². The Bertz CT molecular complexity index is 1150. The van der Waals surface area contributed by atoms with Crippen molar-refractivity contribution in [2.45, 2.75) is 0 Å². The standard InChI is InChI=1S/C20H13Cl2N5OS/c21-15-6-3-13(9-16(15)22)17-10-29-20(26-17)27-19(28)12-1-4-14(5-2-12)25-18-7-8-23-11-24-18/h1-11H,(H,23,24,25)(H,26,27,28). The number of nitrogens with zero attached hydrogens (tertiary/aromatic N) is 3. The van der Waals surface area contributed by atoms with Gasteiger partial charge in [0.25, 0.3) is 5.91 Å². The van der Waals surface area contributed by atoms with Crippen LogP contribution in [0.4, 0.5) is 16.6 Å². The molecule has 144 valence electrons. The van der Waals surface area contributed by atoms with E-state index in [1.807, 2.05) is 11.4 Å². The smallest absolute Gasteiger partial charge is 0.257 e. The van der Waals surface area contributed by atoms with Crippen LogP contribution in [0.25, 0.3) is 11.3 Å². The molecule has 0 saturated carbocycles. The van der Waals surface area contributed by atoms with Crippen molar-refractivity contribution in [1.82, 2.24) is 15.0 Å². The minimum absolute atomic E-state index is 0.242. The minimum atomic E-state index is -0.242. The van der Waals surface area contributed by atoms with Crippen LogP contribution in [0.2, 0.25) is 10.0 Å². The fourth-order valence-corrected chi connectivity index (χ4v) is 3.52. The summed E-state index contributed by atoms with van der Waals surface area (Å²) in [6.07, 6.45) is 3.11. The first-order valence-electron chi connectivity index (χ1n) is 8.44. The molecule has 2 N–H and O–H groups in total. The maximum Gasteiger partial charge on any atom is 0.257 e. The number of hydrogen-bond donors (Lipinski definition) is 2. The summed E-state index contributed by atoms with van der Waals surface area (Å²) in [5.41, 5.74) is 2.88. The number of anilines is 3. The van der Waals surface area contributed by atoms with Crippen LogP contribution < -0.4 is 10.6 Å². The molecule has 0 fully saturated rings. The van der Waals surface area contributed by atoms with Gasteiger partial charge < -0.3 is 5.32 Å². The van der Waals surface area contributed by atoms with Gasteiger partial charge >= 0.3 is 0 Å². The van der Waals surface area contributed by atoms with Gasteiger partial charge in [-0.25, -0.2) is 15.0 Å². The zero-order chi connectivity index (χ0) is 20.2. The highest BCUT2D eigenvalue weighted by molar-refractivity contribution is 7.14. The molecule has 0 aliphatic heterocycles. The van der Waals surface area contributed by atoms with Crippen LogP contribution in [0.3, 0.4) is 0 Å². The number of amides is 1. The van der Waals surface area contributed by atoms with Crippen molar-refractivity contribution in [3.05, 3.63) is 82.0 Å². The molecule has 2 aromatic carbocycles. The maximum atomic E-state index is 12.5. The highest BCUT2D eigenvalue weighted by atomic mass is 35.5. The summed E-state index contributed by atoms with van der Waals surface area (Å²) >= 11 is 13.3. The number of carbonyl (C=O) groups excluding carboxylic acids is 1. The van der Waals surface area contributed by atoms with E-state index in [4.69, 9.17) is 23.2 Å². The molecule has 0 atom stereocenters. The highest BCUT2D eigenvalue weighted by Crippen LogP contribution is 2.30. The van der Waals surface area contributed by atoms with Crippen LogP contribution in [0.15, 0.2) is 66.4 Å². The van der Waals surface area contributed by atoms with Gasteiger partial charge in [0.1, 0.15) is 12.1 Å². The molecule has 2 heterocycles. The molecule has 6 nitrogen and oxygen atoms in total. The third-order valence-corrected chi connectivity index (χ3v) is 5.44. The van der Waals surface area contributed by atoms with Crippen molar-refractivity contribution >= 4 is 57.1 Å². The lowest BCUT2D eigenvalue weighted by atomic mass is 10.2. The Labute approximate surface area is 180 Å². The van der Waals surface area contributed by atoms with Crippen LogP contribution in [-0.2, 0) is 0 Å². The second-order valence-electron chi connectivity index (χ2n) is 5.92. The van der Waals surface area contributed by atoms with Crippen molar-refractivity contribution in [1.29, 1.82) is 0 Å². The third-order valence-electron chi connectivity index (χ3n) is 3.94. The van der Waals surface area contributed by atoms with Crippen LogP contribution in [0.5, 0.6) is 0 Å². The van der Waals surface area contributed by atoms with Gasteiger partial charge in [0, 0.05) is 28.4 Å². The lowest BCUT2D eigenvalue weighted by molar-refractivity contribution is 0.102. The van der Waals surface area contributed by atoms with E-state index in [0.717, 1.165) is 11.3 Å². The molecule has 0 bridgehead atoms. The van der Waals surface area contributed by atoms with Crippen molar-refractivity contribution < 1.29 is 4.79 Å². The number of thiazole rings is 1.